The summed E-state index contributed by atoms with van der Waals surface area (Å²) >= 11 is 0. The number of rotatable bonds is 10. The lowest BCUT2D eigenvalue weighted by Crippen LogP contribution is -2.42. The number of aromatic amines is 1. The molecule has 0 radical (unpaired) electrons. The van der Waals surface area contributed by atoms with Crippen molar-refractivity contribution in [1.29, 1.82) is 0 Å². The number of fused-ring (bicyclic) bond motifs is 3. The van der Waals surface area contributed by atoms with E-state index in [1.807, 2.05) is 31.2 Å². The average molecular weight is 439 g/mol. The van der Waals surface area contributed by atoms with Gasteiger partial charge in [-0.15, -0.1) is 0 Å². The van der Waals surface area contributed by atoms with Gasteiger partial charge in [-0.25, -0.2) is 9.78 Å². The van der Waals surface area contributed by atoms with Gasteiger partial charge in [0.15, 0.2) is 5.78 Å². The predicted octanol–water partition coefficient (Wildman–Crippen LogP) is 3.23. The molecular weight excluding hydrogens is 414 g/mol. The maximum Gasteiger partial charge on any atom is 0.328 e. The predicted molar refractivity (Wildman–Crippen MR) is 118 cm³/mol. The molecule has 2 heterocycles. The highest BCUT2D eigenvalue weighted by atomic mass is 16.5. The van der Waals surface area contributed by atoms with Gasteiger partial charge in [0.05, 0.1) is 12.1 Å². The number of hydrogen-bond acceptors (Lipinski definition) is 6. The summed E-state index contributed by atoms with van der Waals surface area (Å²) in [5.74, 6) is -2.81. The molecule has 3 N–H and O–H groups in total. The lowest BCUT2D eigenvalue weighted by atomic mass is 10.1. The van der Waals surface area contributed by atoms with Crippen molar-refractivity contribution in [1.82, 2.24) is 15.3 Å². The Morgan fingerprint density at radius 3 is 2.62 bits per heavy atom. The highest BCUT2D eigenvalue weighted by Crippen LogP contribution is 2.28. The highest BCUT2D eigenvalue weighted by molar-refractivity contribution is 6.15. The lowest BCUT2D eigenvalue weighted by Gasteiger charge is -2.17. The van der Waals surface area contributed by atoms with Crippen molar-refractivity contribution in [2.75, 3.05) is 6.61 Å². The maximum atomic E-state index is 13.0. The number of ether oxygens (including phenoxy) is 1. The number of hydrogen-bond donors (Lipinski definition) is 3. The number of carboxylic acids is 1. The Kier molecular flexibility index (Phi) is 7.19. The van der Waals surface area contributed by atoms with Crippen molar-refractivity contribution in [3.05, 3.63) is 41.7 Å². The first-order valence-corrected chi connectivity index (χ1v) is 10.4. The molecular formula is C23H25N3O6. The highest BCUT2D eigenvalue weighted by Gasteiger charge is 2.25. The molecule has 0 aliphatic carbocycles. The van der Waals surface area contributed by atoms with E-state index in [0.717, 1.165) is 17.3 Å². The van der Waals surface area contributed by atoms with Gasteiger partial charge in [-0.2, -0.15) is 0 Å². The summed E-state index contributed by atoms with van der Waals surface area (Å²) < 4.78 is 5.16. The Morgan fingerprint density at radius 1 is 1.19 bits per heavy atom. The van der Waals surface area contributed by atoms with E-state index in [4.69, 9.17) is 9.84 Å². The number of ketones is 1. The van der Waals surface area contributed by atoms with Crippen molar-refractivity contribution >= 4 is 45.4 Å². The fourth-order valence-electron chi connectivity index (χ4n) is 3.38. The van der Waals surface area contributed by atoms with Crippen LogP contribution in [0.25, 0.3) is 21.8 Å². The number of H-pyrrole nitrogens is 1. The number of unbranched alkanes of at least 4 members (excludes halogenated alkanes) is 1. The number of benzene rings is 1. The minimum Gasteiger partial charge on any atom is -0.481 e. The molecule has 3 rings (SSSR count). The second-order valence-electron chi connectivity index (χ2n) is 7.48. The summed E-state index contributed by atoms with van der Waals surface area (Å²) in [4.78, 5) is 55.9. The van der Waals surface area contributed by atoms with Crippen molar-refractivity contribution in [3.8, 4) is 0 Å². The molecule has 0 spiro atoms. The van der Waals surface area contributed by atoms with Crippen LogP contribution in [0.15, 0.2) is 30.3 Å². The van der Waals surface area contributed by atoms with E-state index in [2.05, 4.69) is 15.3 Å². The number of Topliss-reactive ketones (excluding diaryl/α,β-unsaturated/α-hetero) is 1. The van der Waals surface area contributed by atoms with E-state index in [1.54, 1.807) is 6.07 Å². The molecule has 0 saturated heterocycles. The smallest absolute Gasteiger partial charge is 0.328 e. The molecule has 2 aromatic heterocycles. The number of nitrogens with one attached hydrogen (secondary N) is 2. The van der Waals surface area contributed by atoms with Gasteiger partial charge < -0.3 is 20.1 Å². The van der Waals surface area contributed by atoms with Crippen LogP contribution in [-0.2, 0) is 14.3 Å². The van der Waals surface area contributed by atoms with Gasteiger partial charge in [0.2, 0.25) is 0 Å². The number of carbonyl (C=O) groups excluding carboxylic acids is 3. The summed E-state index contributed by atoms with van der Waals surface area (Å²) in [5, 5.41) is 13.0. The zero-order valence-electron chi connectivity index (χ0n) is 17.9. The molecule has 9 nitrogen and oxygen atoms in total. The van der Waals surface area contributed by atoms with Crippen LogP contribution in [-0.4, -0.2) is 51.4 Å². The van der Waals surface area contributed by atoms with E-state index in [1.165, 1.54) is 6.92 Å². The minimum absolute atomic E-state index is 0.0471. The van der Waals surface area contributed by atoms with Gasteiger partial charge in [-0.3, -0.25) is 14.4 Å². The molecule has 0 fully saturated rings. The molecule has 0 unspecified atom stereocenters. The topological polar surface area (TPSA) is 138 Å². The molecule has 0 bridgehead atoms. The van der Waals surface area contributed by atoms with Gasteiger partial charge in [-0.1, -0.05) is 31.5 Å². The average Bonchev–Trinajstić information content (AvgIpc) is 3.14. The first-order valence-electron chi connectivity index (χ1n) is 10.4. The monoisotopic (exact) mass is 439 g/mol. The Bertz CT molecular complexity index is 1180. The molecule has 0 saturated carbocycles. The van der Waals surface area contributed by atoms with Gasteiger partial charge in [0, 0.05) is 29.6 Å². The quantitative estimate of drug-likeness (QED) is 0.250. The number of nitrogens with zero attached hydrogens (tertiary/aromatic N) is 1. The third-order valence-electron chi connectivity index (χ3n) is 5.04. The van der Waals surface area contributed by atoms with Crippen LogP contribution in [0.5, 0.6) is 0 Å². The van der Waals surface area contributed by atoms with Crippen LogP contribution in [0.2, 0.25) is 0 Å². The third kappa shape index (κ3) is 5.11. The Labute approximate surface area is 184 Å². The molecule has 1 atom stereocenters. The van der Waals surface area contributed by atoms with Crippen LogP contribution < -0.4 is 5.32 Å². The maximum absolute atomic E-state index is 13.0. The van der Waals surface area contributed by atoms with Crippen LogP contribution in [0.4, 0.5) is 0 Å². The van der Waals surface area contributed by atoms with Crippen molar-refractivity contribution < 1.29 is 29.0 Å². The molecule has 1 amide bonds. The number of aromatic nitrogens is 2. The number of carbonyl (C=O) groups is 4. The molecule has 0 aliphatic rings. The van der Waals surface area contributed by atoms with E-state index >= 15 is 0 Å². The van der Waals surface area contributed by atoms with Crippen LogP contribution in [0, 0.1) is 0 Å². The molecule has 1 aromatic carbocycles. The number of pyridine rings is 1. The summed E-state index contributed by atoms with van der Waals surface area (Å²) in [6.45, 7) is 3.48. The van der Waals surface area contributed by atoms with Gasteiger partial charge in [-0.05, 0) is 25.0 Å². The van der Waals surface area contributed by atoms with Gasteiger partial charge in [0.1, 0.15) is 17.4 Å². The summed E-state index contributed by atoms with van der Waals surface area (Å²) in [6.07, 6.45) is 1.04. The molecule has 168 valence electrons. The number of para-hydroxylation sites is 1. The minimum atomic E-state index is -1.14. The SMILES string of the molecule is CCCCOC(=O)[C@H](CCC(=O)O)NC(=O)c1cc2c([nH]c3ccccc32)c(C(C)=O)n1. The molecule has 0 aliphatic heterocycles. The van der Waals surface area contributed by atoms with Crippen LogP contribution in [0.1, 0.15) is 60.5 Å². The standard InChI is InChI=1S/C23H25N3O6/c1-3-4-11-32-23(31)17(9-10-19(28)29)26-22(30)18-12-15-14-7-5-6-8-16(14)24-21(15)20(25-18)13(2)27/h5-8,12,17,24H,3-4,9-11H2,1-2H3,(H,26,30)(H,28,29)/t17-/m0/s1. The molecule has 32 heavy (non-hydrogen) atoms. The van der Waals surface area contributed by atoms with E-state index < -0.39 is 23.9 Å². The number of amides is 1. The van der Waals surface area contributed by atoms with Gasteiger partial charge in [0.25, 0.3) is 5.91 Å². The van der Waals surface area contributed by atoms with Crippen molar-refractivity contribution in [2.24, 2.45) is 0 Å². The second-order valence-corrected chi connectivity index (χ2v) is 7.48. The Hall–Kier alpha value is -3.75. The van der Waals surface area contributed by atoms with E-state index in [9.17, 15) is 19.2 Å². The first kappa shape index (κ1) is 22.9. The Morgan fingerprint density at radius 2 is 1.94 bits per heavy atom. The van der Waals surface area contributed by atoms with Crippen molar-refractivity contribution in [2.45, 2.75) is 45.6 Å². The number of aliphatic carboxylic acids is 1. The fourth-order valence-corrected chi connectivity index (χ4v) is 3.38. The summed E-state index contributed by atoms with van der Waals surface area (Å²) in [5.41, 5.74) is 1.38. The zero-order valence-corrected chi connectivity index (χ0v) is 17.9. The van der Waals surface area contributed by atoms with E-state index in [0.29, 0.717) is 17.3 Å². The zero-order chi connectivity index (χ0) is 23.3. The van der Waals surface area contributed by atoms with Crippen LogP contribution >= 0.6 is 0 Å². The fraction of sp³-hybridized carbons (Fsp3) is 0.348. The summed E-state index contributed by atoms with van der Waals surface area (Å²) in [7, 11) is 0. The summed E-state index contributed by atoms with van der Waals surface area (Å²) in [6, 6.07) is 7.82. The van der Waals surface area contributed by atoms with Gasteiger partial charge >= 0.3 is 11.9 Å². The number of carboxylic acid groups (broad SMARTS) is 1. The normalized spacial score (nSPS) is 11.9. The third-order valence-corrected chi connectivity index (χ3v) is 5.04. The van der Waals surface area contributed by atoms with E-state index in [-0.39, 0.29) is 36.6 Å². The van der Waals surface area contributed by atoms with Crippen molar-refractivity contribution in [3.63, 3.8) is 0 Å². The molecule has 3 aromatic rings. The number of esters is 1. The first-order chi connectivity index (χ1) is 15.3. The van der Waals surface area contributed by atoms with Crippen LogP contribution in [0.3, 0.4) is 0 Å². The second kappa shape index (κ2) is 10.0. The Balaban J connectivity index is 1.93. The molecule has 9 heteroatoms. The lowest BCUT2D eigenvalue weighted by molar-refractivity contribution is -0.146. The largest absolute Gasteiger partial charge is 0.481 e.